The second-order valence-corrected chi connectivity index (χ2v) is 3.51. The number of esters is 1. The Morgan fingerprint density at radius 3 is 2.44 bits per heavy atom. The van der Waals surface area contributed by atoms with Gasteiger partial charge in [-0.25, -0.2) is 9.59 Å². The van der Waals surface area contributed by atoms with E-state index in [0.29, 0.717) is 0 Å². The first kappa shape index (κ1) is 16.2. The van der Waals surface area contributed by atoms with Gasteiger partial charge in [0.05, 0.1) is 6.61 Å². The van der Waals surface area contributed by atoms with Crippen LogP contribution < -0.4 is 5.32 Å². The average molecular weight is 262 g/mol. The zero-order valence-corrected chi connectivity index (χ0v) is 10.4. The molecule has 0 aromatic carbocycles. The van der Waals surface area contributed by atoms with E-state index in [2.05, 4.69) is 10.1 Å². The number of carboxylic acids is 1. The molecule has 0 radical (unpaired) electrons. The lowest BCUT2D eigenvalue weighted by molar-refractivity contribution is -0.143. The Bertz CT molecular complexity index is 307. The first-order chi connectivity index (χ1) is 8.42. The first-order valence-corrected chi connectivity index (χ1v) is 5.43. The highest BCUT2D eigenvalue weighted by Crippen LogP contribution is 1.95. The van der Waals surface area contributed by atoms with Crippen LogP contribution in [0.1, 0.15) is 13.3 Å². The van der Waals surface area contributed by atoms with Crippen LogP contribution >= 0.6 is 0 Å². The van der Waals surface area contributed by atoms with Gasteiger partial charge >= 0.3 is 18.0 Å². The highest BCUT2D eigenvalue weighted by Gasteiger charge is 2.22. The van der Waals surface area contributed by atoms with Gasteiger partial charge in [-0.2, -0.15) is 0 Å². The fraction of sp³-hybridized carbons (Fsp3) is 0.700. The van der Waals surface area contributed by atoms with E-state index in [9.17, 15) is 14.4 Å². The van der Waals surface area contributed by atoms with Crippen molar-refractivity contribution >= 4 is 18.0 Å². The van der Waals surface area contributed by atoms with Gasteiger partial charge in [0.25, 0.3) is 0 Å². The number of carbonyl (C=O) groups excluding carboxylic acids is 2. The van der Waals surface area contributed by atoms with Crippen LogP contribution in [0.5, 0.6) is 0 Å². The number of aliphatic hydroxyl groups is 1. The molecule has 0 spiro atoms. The molecule has 0 aromatic heterocycles. The summed E-state index contributed by atoms with van der Waals surface area (Å²) in [4.78, 5) is 34.4. The predicted octanol–water partition coefficient (Wildman–Crippen LogP) is -0.973. The van der Waals surface area contributed by atoms with Crippen molar-refractivity contribution in [2.24, 2.45) is 0 Å². The number of aliphatic carboxylic acids is 1. The third-order valence-corrected chi connectivity index (χ3v) is 2.03. The number of aliphatic hydroxyl groups excluding tert-OH is 1. The molecule has 2 amide bonds. The number of carboxylic acid groups (broad SMARTS) is 1. The lowest BCUT2D eigenvalue weighted by atomic mass is 10.2. The maximum absolute atomic E-state index is 11.5. The molecule has 1 unspecified atom stereocenters. The Hall–Kier alpha value is -1.83. The number of hydrogen-bond donors (Lipinski definition) is 3. The molecule has 0 aliphatic carbocycles. The van der Waals surface area contributed by atoms with Crippen molar-refractivity contribution in [3.05, 3.63) is 0 Å². The Kier molecular flexibility index (Phi) is 7.45. The van der Waals surface area contributed by atoms with Crippen LogP contribution in [-0.4, -0.2) is 65.9 Å². The molecule has 0 fully saturated rings. The number of amides is 2. The van der Waals surface area contributed by atoms with Crippen LogP contribution in [0, 0.1) is 0 Å². The van der Waals surface area contributed by atoms with Crippen molar-refractivity contribution in [3.63, 3.8) is 0 Å². The highest BCUT2D eigenvalue weighted by atomic mass is 16.5. The molecule has 8 heteroatoms. The summed E-state index contributed by atoms with van der Waals surface area (Å²) in [5.74, 6) is -1.83. The minimum atomic E-state index is -1.25. The van der Waals surface area contributed by atoms with Crippen LogP contribution in [0.15, 0.2) is 0 Å². The molecule has 0 saturated carbocycles. The van der Waals surface area contributed by atoms with Crippen LogP contribution in [-0.2, 0) is 14.3 Å². The monoisotopic (exact) mass is 262 g/mol. The SMILES string of the molecule is CCOC(=O)CN(C)C(=O)NC(CCO)C(=O)O. The third kappa shape index (κ3) is 6.04. The first-order valence-electron chi connectivity index (χ1n) is 5.43. The summed E-state index contributed by atoms with van der Waals surface area (Å²) in [5, 5.41) is 19.6. The lowest BCUT2D eigenvalue weighted by Gasteiger charge is -2.20. The number of urea groups is 1. The van der Waals surface area contributed by atoms with Crippen LogP contribution in [0.2, 0.25) is 0 Å². The van der Waals surface area contributed by atoms with Crippen LogP contribution in [0.25, 0.3) is 0 Å². The van der Waals surface area contributed by atoms with Gasteiger partial charge in [0.1, 0.15) is 12.6 Å². The quantitative estimate of drug-likeness (QED) is 0.508. The summed E-state index contributed by atoms with van der Waals surface area (Å²) in [7, 11) is 1.34. The van der Waals surface area contributed by atoms with E-state index in [1.165, 1.54) is 7.05 Å². The van der Waals surface area contributed by atoms with Crippen molar-refractivity contribution in [1.82, 2.24) is 10.2 Å². The van der Waals surface area contributed by atoms with Gasteiger partial charge in [-0.1, -0.05) is 0 Å². The predicted molar refractivity (Wildman–Crippen MR) is 60.9 cm³/mol. The van der Waals surface area contributed by atoms with Crippen LogP contribution in [0.3, 0.4) is 0 Å². The van der Waals surface area contributed by atoms with Crippen molar-refractivity contribution < 1.29 is 29.3 Å². The minimum absolute atomic E-state index is 0.103. The molecule has 0 rings (SSSR count). The second-order valence-electron chi connectivity index (χ2n) is 3.51. The fourth-order valence-electron chi connectivity index (χ4n) is 1.12. The molecular formula is C10H18N2O6. The molecule has 104 valence electrons. The summed E-state index contributed by atoms with van der Waals surface area (Å²) in [6, 6.07) is -1.91. The molecular weight excluding hydrogens is 244 g/mol. The number of likely N-dealkylation sites (N-methyl/N-ethyl adjacent to an activating group) is 1. The van der Waals surface area contributed by atoms with E-state index in [-0.39, 0.29) is 26.2 Å². The van der Waals surface area contributed by atoms with Crippen molar-refractivity contribution in [3.8, 4) is 0 Å². The summed E-state index contributed by atoms with van der Waals surface area (Å²) in [5.41, 5.74) is 0. The Morgan fingerprint density at radius 2 is 2.00 bits per heavy atom. The third-order valence-electron chi connectivity index (χ3n) is 2.03. The minimum Gasteiger partial charge on any atom is -0.480 e. The summed E-state index contributed by atoms with van der Waals surface area (Å²) < 4.78 is 4.65. The highest BCUT2D eigenvalue weighted by molar-refractivity contribution is 5.84. The van der Waals surface area contributed by atoms with Gasteiger partial charge in [-0.3, -0.25) is 4.79 Å². The van der Waals surface area contributed by atoms with Crippen molar-refractivity contribution in [2.45, 2.75) is 19.4 Å². The molecule has 8 nitrogen and oxygen atoms in total. The van der Waals surface area contributed by atoms with Crippen LogP contribution in [0.4, 0.5) is 4.79 Å². The smallest absolute Gasteiger partial charge is 0.326 e. The fourth-order valence-corrected chi connectivity index (χ4v) is 1.12. The molecule has 0 aromatic rings. The van der Waals surface area contributed by atoms with Gasteiger partial charge in [0.2, 0.25) is 0 Å². The summed E-state index contributed by atoms with van der Waals surface area (Å²) in [6.07, 6.45) is -0.103. The number of rotatable bonds is 7. The topological polar surface area (TPSA) is 116 Å². The molecule has 0 saturated heterocycles. The standard InChI is InChI=1S/C10H18N2O6/c1-3-18-8(14)6-12(2)10(17)11-7(4-5-13)9(15)16/h7,13H,3-6H2,1-2H3,(H,11,17)(H,15,16). The number of ether oxygens (including phenoxy) is 1. The number of carbonyl (C=O) groups is 3. The molecule has 0 aliphatic rings. The molecule has 1 atom stereocenters. The average Bonchev–Trinajstić information content (AvgIpc) is 2.28. The van der Waals surface area contributed by atoms with Gasteiger partial charge in [0.15, 0.2) is 0 Å². The van der Waals surface area contributed by atoms with Gasteiger partial charge in [-0.05, 0) is 6.92 Å². The van der Waals surface area contributed by atoms with E-state index < -0.39 is 24.0 Å². The summed E-state index contributed by atoms with van der Waals surface area (Å²) in [6.45, 7) is 1.21. The molecule has 0 aliphatic heterocycles. The van der Waals surface area contributed by atoms with E-state index in [4.69, 9.17) is 10.2 Å². The van der Waals surface area contributed by atoms with Gasteiger partial charge in [0, 0.05) is 20.1 Å². The zero-order valence-electron chi connectivity index (χ0n) is 10.4. The number of nitrogens with one attached hydrogen (secondary N) is 1. The Labute approximate surface area is 105 Å². The Balaban J connectivity index is 4.28. The normalized spacial score (nSPS) is 11.5. The maximum atomic E-state index is 11.5. The molecule has 0 heterocycles. The van der Waals surface area contributed by atoms with E-state index in [1.54, 1.807) is 6.92 Å². The summed E-state index contributed by atoms with van der Waals surface area (Å²) >= 11 is 0. The van der Waals surface area contributed by atoms with E-state index in [0.717, 1.165) is 4.90 Å². The number of hydrogen-bond acceptors (Lipinski definition) is 5. The largest absolute Gasteiger partial charge is 0.480 e. The molecule has 0 bridgehead atoms. The second kappa shape index (κ2) is 8.29. The van der Waals surface area contributed by atoms with E-state index >= 15 is 0 Å². The maximum Gasteiger partial charge on any atom is 0.326 e. The number of nitrogens with zero attached hydrogens (tertiary/aromatic N) is 1. The van der Waals surface area contributed by atoms with Crippen molar-refractivity contribution in [1.29, 1.82) is 0 Å². The lowest BCUT2D eigenvalue weighted by Crippen LogP contribution is -2.48. The Morgan fingerprint density at radius 1 is 1.39 bits per heavy atom. The molecule has 3 N–H and O–H groups in total. The van der Waals surface area contributed by atoms with Crippen molar-refractivity contribution in [2.75, 3.05) is 26.8 Å². The zero-order chi connectivity index (χ0) is 14.1. The van der Waals surface area contributed by atoms with Gasteiger partial charge < -0.3 is 25.2 Å². The van der Waals surface area contributed by atoms with E-state index in [1.807, 2.05) is 0 Å². The molecule has 18 heavy (non-hydrogen) atoms. The van der Waals surface area contributed by atoms with Gasteiger partial charge in [-0.15, -0.1) is 0 Å².